The third-order valence-electron chi connectivity index (χ3n) is 4.19. The molecule has 2 aromatic rings. The van der Waals surface area contributed by atoms with Crippen molar-refractivity contribution in [1.82, 2.24) is 15.5 Å². The number of hydrogen-bond donors (Lipinski definition) is 1. The third-order valence-corrected chi connectivity index (χ3v) is 4.19. The first kappa shape index (κ1) is 15.5. The maximum atomic E-state index is 12.3. The molecular formula is C17H22N4O2. The summed E-state index contributed by atoms with van der Waals surface area (Å²) >= 11 is 0. The van der Waals surface area contributed by atoms with Crippen LogP contribution in [0.5, 0.6) is 0 Å². The quantitative estimate of drug-likeness (QED) is 0.918. The summed E-state index contributed by atoms with van der Waals surface area (Å²) in [5.41, 5.74) is 1.85. The molecule has 6 nitrogen and oxygen atoms in total. The van der Waals surface area contributed by atoms with Gasteiger partial charge in [0.25, 0.3) is 5.91 Å². The Kier molecular flexibility index (Phi) is 4.90. The molecule has 1 fully saturated rings. The van der Waals surface area contributed by atoms with Crippen molar-refractivity contribution in [2.75, 3.05) is 18.0 Å². The van der Waals surface area contributed by atoms with Crippen molar-refractivity contribution in [2.45, 2.75) is 39.2 Å². The molecule has 0 atom stereocenters. The molecule has 0 aliphatic carbocycles. The predicted molar refractivity (Wildman–Crippen MR) is 87.4 cm³/mol. The van der Waals surface area contributed by atoms with E-state index in [1.165, 1.54) is 19.3 Å². The molecule has 1 amide bonds. The van der Waals surface area contributed by atoms with Crippen LogP contribution in [0.1, 0.15) is 47.9 Å². The first-order valence-electron chi connectivity index (χ1n) is 8.20. The van der Waals surface area contributed by atoms with Crippen LogP contribution in [0.25, 0.3) is 0 Å². The predicted octanol–water partition coefficient (Wildman–Crippen LogP) is 2.55. The van der Waals surface area contributed by atoms with Gasteiger partial charge in [0.1, 0.15) is 5.82 Å². The number of nitrogens with one attached hydrogen (secondary N) is 1. The number of aryl methyl sites for hydroxylation is 1. The van der Waals surface area contributed by atoms with Gasteiger partial charge >= 0.3 is 0 Å². The Morgan fingerprint density at radius 1 is 1.30 bits per heavy atom. The van der Waals surface area contributed by atoms with E-state index in [4.69, 9.17) is 4.52 Å². The maximum Gasteiger partial charge on any atom is 0.290 e. The number of anilines is 1. The standard InChI is InChI=1S/C17H22N4O2/c1-2-13-12-20-23-15(13)17(22)19-11-14-7-6-8-18-16(14)21-9-4-3-5-10-21/h6-8,12H,2-5,9-11H2,1H3,(H,19,22). The molecule has 6 heteroatoms. The van der Waals surface area contributed by atoms with Gasteiger partial charge < -0.3 is 14.7 Å². The number of hydrogen-bond acceptors (Lipinski definition) is 5. The van der Waals surface area contributed by atoms with Gasteiger partial charge in [0, 0.05) is 37.0 Å². The van der Waals surface area contributed by atoms with Crippen molar-refractivity contribution in [1.29, 1.82) is 0 Å². The van der Waals surface area contributed by atoms with Gasteiger partial charge in [-0.15, -0.1) is 0 Å². The summed E-state index contributed by atoms with van der Waals surface area (Å²) in [5.74, 6) is 1.05. The highest BCUT2D eigenvalue weighted by Gasteiger charge is 2.18. The van der Waals surface area contributed by atoms with Crippen LogP contribution in [0.15, 0.2) is 29.0 Å². The summed E-state index contributed by atoms with van der Waals surface area (Å²) in [7, 11) is 0. The van der Waals surface area contributed by atoms with Crippen molar-refractivity contribution >= 4 is 11.7 Å². The number of piperidine rings is 1. The van der Waals surface area contributed by atoms with E-state index in [-0.39, 0.29) is 5.91 Å². The summed E-state index contributed by atoms with van der Waals surface area (Å²) in [6.07, 6.45) is 7.79. The molecule has 2 aromatic heterocycles. The van der Waals surface area contributed by atoms with E-state index in [2.05, 4.69) is 20.4 Å². The number of carbonyl (C=O) groups is 1. The summed E-state index contributed by atoms with van der Waals surface area (Å²) in [6, 6.07) is 3.92. The fourth-order valence-corrected chi connectivity index (χ4v) is 2.91. The molecule has 0 radical (unpaired) electrons. The summed E-state index contributed by atoms with van der Waals surface area (Å²) < 4.78 is 5.06. The van der Waals surface area contributed by atoms with E-state index >= 15 is 0 Å². The highest BCUT2D eigenvalue weighted by Crippen LogP contribution is 2.21. The van der Waals surface area contributed by atoms with E-state index in [1.54, 1.807) is 12.4 Å². The van der Waals surface area contributed by atoms with Gasteiger partial charge in [0.2, 0.25) is 5.76 Å². The van der Waals surface area contributed by atoms with Crippen LogP contribution in [-0.4, -0.2) is 29.1 Å². The number of carbonyl (C=O) groups excluding carboxylic acids is 1. The van der Waals surface area contributed by atoms with E-state index in [0.717, 1.165) is 36.5 Å². The Bertz CT molecular complexity index is 662. The van der Waals surface area contributed by atoms with Crippen molar-refractivity contribution in [3.8, 4) is 0 Å². The summed E-state index contributed by atoms with van der Waals surface area (Å²) in [6.45, 7) is 4.46. The number of nitrogens with zero attached hydrogens (tertiary/aromatic N) is 3. The first-order chi connectivity index (χ1) is 11.3. The molecule has 0 bridgehead atoms. The zero-order valence-corrected chi connectivity index (χ0v) is 13.4. The molecule has 0 aromatic carbocycles. The lowest BCUT2D eigenvalue weighted by Gasteiger charge is -2.29. The molecule has 3 heterocycles. The van der Waals surface area contributed by atoms with Crippen LogP contribution in [0.4, 0.5) is 5.82 Å². The second-order valence-corrected chi connectivity index (χ2v) is 5.75. The number of pyridine rings is 1. The molecule has 1 aliphatic rings. The number of amides is 1. The summed E-state index contributed by atoms with van der Waals surface area (Å²) in [5, 5.41) is 6.62. The van der Waals surface area contributed by atoms with Gasteiger partial charge in [-0.25, -0.2) is 4.98 Å². The van der Waals surface area contributed by atoms with Gasteiger partial charge in [0.15, 0.2) is 0 Å². The van der Waals surface area contributed by atoms with Crippen LogP contribution in [0.2, 0.25) is 0 Å². The van der Waals surface area contributed by atoms with Crippen LogP contribution in [0.3, 0.4) is 0 Å². The fraction of sp³-hybridized carbons (Fsp3) is 0.471. The maximum absolute atomic E-state index is 12.3. The minimum absolute atomic E-state index is 0.229. The molecule has 122 valence electrons. The largest absolute Gasteiger partial charge is 0.356 e. The van der Waals surface area contributed by atoms with E-state index in [0.29, 0.717) is 12.3 Å². The smallest absolute Gasteiger partial charge is 0.290 e. The highest BCUT2D eigenvalue weighted by molar-refractivity contribution is 5.92. The minimum atomic E-state index is -0.229. The van der Waals surface area contributed by atoms with Crippen molar-refractivity contribution < 1.29 is 9.32 Å². The fourth-order valence-electron chi connectivity index (χ4n) is 2.91. The molecule has 1 aliphatic heterocycles. The Hall–Kier alpha value is -2.37. The monoisotopic (exact) mass is 314 g/mol. The Morgan fingerprint density at radius 3 is 2.91 bits per heavy atom. The van der Waals surface area contributed by atoms with Crippen molar-refractivity contribution in [3.63, 3.8) is 0 Å². The molecule has 0 unspecified atom stereocenters. The topological polar surface area (TPSA) is 71.3 Å². The summed E-state index contributed by atoms with van der Waals surface area (Å²) in [4.78, 5) is 19.1. The number of rotatable bonds is 5. The number of aromatic nitrogens is 2. The Balaban J connectivity index is 1.69. The first-order valence-corrected chi connectivity index (χ1v) is 8.20. The molecule has 1 saturated heterocycles. The lowest BCUT2D eigenvalue weighted by atomic mass is 10.1. The second kappa shape index (κ2) is 7.26. The third kappa shape index (κ3) is 3.52. The molecule has 0 spiro atoms. The Morgan fingerprint density at radius 2 is 2.13 bits per heavy atom. The average Bonchev–Trinajstić information content (AvgIpc) is 3.09. The van der Waals surface area contributed by atoms with Crippen LogP contribution < -0.4 is 10.2 Å². The van der Waals surface area contributed by atoms with E-state index in [9.17, 15) is 4.79 Å². The SMILES string of the molecule is CCc1cnoc1C(=O)NCc1cccnc1N1CCCCC1. The van der Waals surface area contributed by atoms with Crippen molar-refractivity contribution in [2.24, 2.45) is 0 Å². The van der Waals surface area contributed by atoms with Gasteiger partial charge in [0.05, 0.1) is 6.20 Å². The zero-order chi connectivity index (χ0) is 16.1. The molecule has 0 saturated carbocycles. The van der Waals surface area contributed by atoms with E-state index in [1.807, 2.05) is 19.1 Å². The van der Waals surface area contributed by atoms with Crippen LogP contribution in [-0.2, 0) is 13.0 Å². The molecule has 1 N–H and O–H groups in total. The van der Waals surface area contributed by atoms with Gasteiger partial charge in [-0.2, -0.15) is 0 Å². The van der Waals surface area contributed by atoms with Crippen LogP contribution in [0, 0.1) is 0 Å². The lowest BCUT2D eigenvalue weighted by molar-refractivity contribution is 0.0912. The molecule has 3 rings (SSSR count). The molecule has 23 heavy (non-hydrogen) atoms. The van der Waals surface area contributed by atoms with Gasteiger partial charge in [-0.3, -0.25) is 4.79 Å². The Labute approximate surface area is 135 Å². The van der Waals surface area contributed by atoms with Crippen LogP contribution >= 0.6 is 0 Å². The second-order valence-electron chi connectivity index (χ2n) is 5.75. The van der Waals surface area contributed by atoms with Gasteiger partial charge in [-0.05, 0) is 31.7 Å². The normalized spacial score (nSPS) is 14.7. The highest BCUT2D eigenvalue weighted by atomic mass is 16.5. The van der Waals surface area contributed by atoms with Crippen molar-refractivity contribution in [3.05, 3.63) is 41.4 Å². The average molecular weight is 314 g/mol. The lowest BCUT2D eigenvalue weighted by Crippen LogP contribution is -2.32. The van der Waals surface area contributed by atoms with E-state index < -0.39 is 0 Å². The zero-order valence-electron chi connectivity index (χ0n) is 13.4. The minimum Gasteiger partial charge on any atom is -0.356 e. The molecular weight excluding hydrogens is 292 g/mol. The van der Waals surface area contributed by atoms with Gasteiger partial charge in [-0.1, -0.05) is 18.1 Å².